The van der Waals surface area contributed by atoms with Crippen LogP contribution in [0.3, 0.4) is 0 Å². The fourth-order valence-corrected chi connectivity index (χ4v) is 2.06. The Bertz CT molecular complexity index is 487. The van der Waals surface area contributed by atoms with E-state index < -0.39 is 35.3 Å². The molecule has 0 unspecified atom stereocenters. The summed E-state index contributed by atoms with van der Waals surface area (Å²) in [5.74, 6) is -5.33. The third-order valence-corrected chi connectivity index (χ3v) is 2.90. The smallest absolute Gasteiger partial charge is 0.318 e. The normalized spacial score (nSPS) is 22.7. The maximum Gasteiger partial charge on any atom is 0.318 e. The number of carbonyl (C=O) groups excluding carboxylic acids is 2. The molecule has 1 aromatic heterocycles. The Morgan fingerprint density at radius 1 is 1.44 bits per heavy atom. The van der Waals surface area contributed by atoms with Gasteiger partial charge in [-0.05, 0) is 0 Å². The van der Waals surface area contributed by atoms with E-state index in [-0.39, 0.29) is 12.1 Å². The van der Waals surface area contributed by atoms with E-state index in [1.54, 1.807) is 0 Å². The Labute approximate surface area is 101 Å². The van der Waals surface area contributed by atoms with Gasteiger partial charge in [0.05, 0.1) is 19.5 Å². The van der Waals surface area contributed by atoms with Crippen molar-refractivity contribution in [2.75, 3.05) is 13.7 Å². The average Bonchev–Trinajstić information content (AvgIpc) is 2.70. The highest BCUT2D eigenvalue weighted by Crippen LogP contribution is 2.32. The molecule has 2 heterocycles. The lowest BCUT2D eigenvalue weighted by atomic mass is 9.88. The molecule has 1 N–H and O–H groups in total. The number of aromatic nitrogens is 1. The standard InChI is InChI=1S/C11H10F2N2O3/c1-18-11(17)9-5(2-15-10(9)16)8-6(12)3-14-4-7(8)13/h3-5,9H,2H2,1H3,(H,15,16)/t5-,9-/m0/s1. The molecule has 18 heavy (non-hydrogen) atoms. The summed E-state index contributed by atoms with van der Waals surface area (Å²) >= 11 is 0. The second-order valence-corrected chi connectivity index (χ2v) is 3.87. The Morgan fingerprint density at radius 3 is 2.61 bits per heavy atom. The molecule has 0 saturated carbocycles. The van der Waals surface area contributed by atoms with Crippen molar-refractivity contribution >= 4 is 11.9 Å². The molecule has 1 aliphatic rings. The summed E-state index contributed by atoms with van der Waals surface area (Å²) in [6.07, 6.45) is 1.69. The minimum Gasteiger partial charge on any atom is -0.468 e. The molecule has 2 atom stereocenters. The van der Waals surface area contributed by atoms with Crippen LogP contribution < -0.4 is 5.32 Å². The van der Waals surface area contributed by atoms with Crippen molar-refractivity contribution in [3.05, 3.63) is 29.6 Å². The highest BCUT2D eigenvalue weighted by atomic mass is 19.1. The zero-order chi connectivity index (χ0) is 13.3. The first kappa shape index (κ1) is 12.4. The van der Waals surface area contributed by atoms with Gasteiger partial charge in [0.1, 0.15) is 17.6 Å². The molecule has 1 aromatic rings. The van der Waals surface area contributed by atoms with Crippen LogP contribution in [0.15, 0.2) is 12.4 Å². The number of halogens is 2. The second-order valence-electron chi connectivity index (χ2n) is 3.87. The highest BCUT2D eigenvalue weighted by molar-refractivity contribution is 6.00. The Kier molecular flexibility index (Phi) is 3.22. The van der Waals surface area contributed by atoms with E-state index in [2.05, 4.69) is 15.0 Å². The van der Waals surface area contributed by atoms with E-state index in [0.29, 0.717) is 0 Å². The van der Waals surface area contributed by atoms with Crippen LogP contribution in [-0.4, -0.2) is 30.5 Å². The molecule has 1 saturated heterocycles. The molecule has 0 bridgehead atoms. The van der Waals surface area contributed by atoms with E-state index in [9.17, 15) is 18.4 Å². The Balaban J connectivity index is 2.44. The highest BCUT2D eigenvalue weighted by Gasteiger charge is 2.44. The lowest BCUT2D eigenvalue weighted by Gasteiger charge is -2.15. The number of hydrogen-bond acceptors (Lipinski definition) is 4. The third-order valence-electron chi connectivity index (χ3n) is 2.90. The molecular formula is C11H10F2N2O3. The first-order chi connectivity index (χ1) is 8.56. The number of methoxy groups -OCH3 is 1. The minimum atomic E-state index is -1.23. The number of nitrogens with zero attached hydrogens (tertiary/aromatic N) is 1. The largest absolute Gasteiger partial charge is 0.468 e. The van der Waals surface area contributed by atoms with Gasteiger partial charge in [-0.3, -0.25) is 14.6 Å². The van der Waals surface area contributed by atoms with Gasteiger partial charge in [0.15, 0.2) is 0 Å². The summed E-state index contributed by atoms with van der Waals surface area (Å²) in [5, 5.41) is 2.39. The number of ether oxygens (including phenoxy) is 1. The number of nitrogens with one attached hydrogen (secondary N) is 1. The minimum absolute atomic E-state index is 0.0174. The fourth-order valence-electron chi connectivity index (χ4n) is 2.06. The zero-order valence-corrected chi connectivity index (χ0v) is 9.44. The number of pyridine rings is 1. The molecular weight excluding hydrogens is 246 g/mol. The number of carbonyl (C=O) groups is 2. The monoisotopic (exact) mass is 256 g/mol. The average molecular weight is 256 g/mol. The third kappa shape index (κ3) is 1.92. The first-order valence-electron chi connectivity index (χ1n) is 5.20. The quantitative estimate of drug-likeness (QED) is 0.613. The van der Waals surface area contributed by atoms with Gasteiger partial charge in [-0.1, -0.05) is 0 Å². The first-order valence-corrected chi connectivity index (χ1v) is 5.20. The summed E-state index contributed by atoms with van der Waals surface area (Å²) in [4.78, 5) is 26.3. The van der Waals surface area contributed by atoms with Crippen molar-refractivity contribution in [3.63, 3.8) is 0 Å². The second kappa shape index (κ2) is 4.67. The zero-order valence-electron chi connectivity index (χ0n) is 9.44. The number of amides is 1. The van der Waals surface area contributed by atoms with Gasteiger partial charge in [0.25, 0.3) is 0 Å². The van der Waals surface area contributed by atoms with Crippen LogP contribution in [0.1, 0.15) is 11.5 Å². The fraction of sp³-hybridized carbons (Fsp3) is 0.364. The molecule has 1 amide bonds. The molecule has 1 fully saturated rings. The summed E-state index contributed by atoms with van der Waals surface area (Å²) in [5.41, 5.74) is -0.321. The van der Waals surface area contributed by atoms with Gasteiger partial charge >= 0.3 is 5.97 Å². The molecule has 2 rings (SSSR count). The van der Waals surface area contributed by atoms with Crippen molar-refractivity contribution in [3.8, 4) is 0 Å². The van der Waals surface area contributed by atoms with E-state index in [4.69, 9.17) is 0 Å². The molecule has 1 aliphatic heterocycles. The van der Waals surface area contributed by atoms with Gasteiger partial charge in [-0.2, -0.15) is 0 Å². The molecule has 0 radical (unpaired) electrons. The molecule has 5 nitrogen and oxygen atoms in total. The van der Waals surface area contributed by atoms with Crippen LogP contribution in [0.2, 0.25) is 0 Å². The number of rotatable bonds is 2. The van der Waals surface area contributed by atoms with Gasteiger partial charge in [-0.25, -0.2) is 8.78 Å². The van der Waals surface area contributed by atoms with Crippen LogP contribution in [0.4, 0.5) is 8.78 Å². The molecule has 7 heteroatoms. The summed E-state index contributed by atoms with van der Waals surface area (Å²) in [6.45, 7) is -0.0174. The van der Waals surface area contributed by atoms with Crippen molar-refractivity contribution < 1.29 is 23.1 Å². The van der Waals surface area contributed by atoms with Crippen molar-refractivity contribution in [1.82, 2.24) is 10.3 Å². The molecule has 0 aliphatic carbocycles. The van der Waals surface area contributed by atoms with Crippen molar-refractivity contribution in [2.45, 2.75) is 5.92 Å². The van der Waals surface area contributed by atoms with E-state index in [1.807, 2.05) is 0 Å². The number of esters is 1. The van der Waals surface area contributed by atoms with E-state index in [1.165, 1.54) is 0 Å². The molecule has 96 valence electrons. The van der Waals surface area contributed by atoms with Crippen LogP contribution in [0, 0.1) is 17.6 Å². The molecule has 0 spiro atoms. The predicted octanol–water partition coefficient (Wildman–Crippen LogP) is 0.362. The van der Waals surface area contributed by atoms with Gasteiger partial charge in [-0.15, -0.1) is 0 Å². The van der Waals surface area contributed by atoms with Crippen molar-refractivity contribution in [2.24, 2.45) is 5.92 Å². The van der Waals surface area contributed by atoms with Gasteiger partial charge in [0, 0.05) is 18.0 Å². The van der Waals surface area contributed by atoms with Crippen LogP contribution >= 0.6 is 0 Å². The van der Waals surface area contributed by atoms with Crippen LogP contribution in [0.25, 0.3) is 0 Å². The van der Waals surface area contributed by atoms with E-state index in [0.717, 1.165) is 19.5 Å². The number of hydrogen-bond donors (Lipinski definition) is 1. The summed E-state index contributed by atoms with van der Waals surface area (Å²) in [7, 11) is 1.12. The van der Waals surface area contributed by atoms with Crippen LogP contribution in [-0.2, 0) is 14.3 Å². The topological polar surface area (TPSA) is 68.3 Å². The SMILES string of the molecule is COC(=O)[C@@H]1C(=O)NC[C@H]1c1c(F)cncc1F. The summed E-state index contributed by atoms with van der Waals surface area (Å²) in [6, 6.07) is 0. The lowest BCUT2D eigenvalue weighted by Crippen LogP contribution is -2.28. The van der Waals surface area contributed by atoms with Crippen LogP contribution in [0.5, 0.6) is 0 Å². The maximum absolute atomic E-state index is 13.6. The van der Waals surface area contributed by atoms with Crippen molar-refractivity contribution in [1.29, 1.82) is 0 Å². The molecule has 0 aromatic carbocycles. The Hall–Kier alpha value is -2.05. The summed E-state index contributed by atoms with van der Waals surface area (Å²) < 4.78 is 31.6. The van der Waals surface area contributed by atoms with Gasteiger partial charge < -0.3 is 10.1 Å². The van der Waals surface area contributed by atoms with Gasteiger partial charge in [0.2, 0.25) is 5.91 Å². The Morgan fingerprint density at radius 2 is 2.06 bits per heavy atom. The predicted molar refractivity (Wildman–Crippen MR) is 55.4 cm³/mol. The maximum atomic E-state index is 13.6. The van der Waals surface area contributed by atoms with E-state index >= 15 is 0 Å². The lowest BCUT2D eigenvalue weighted by molar-refractivity contribution is -0.149.